The molecule has 1 N–H and O–H groups in total. The maximum atomic E-state index is 12.7. The van der Waals surface area contributed by atoms with Gasteiger partial charge in [-0.1, -0.05) is 11.6 Å². The molecule has 0 fully saturated rings. The number of aliphatic hydroxyl groups excluding tert-OH is 1. The second kappa shape index (κ2) is 3.93. The molecule has 0 aliphatic heterocycles. The van der Waals surface area contributed by atoms with Crippen molar-refractivity contribution in [2.75, 3.05) is 0 Å². The molecule has 72 valence electrons. The molecule has 0 radical (unpaired) electrons. The minimum absolute atomic E-state index is 0.0154. The van der Waals surface area contributed by atoms with Crippen LogP contribution in [0.25, 0.3) is 0 Å². The number of aromatic nitrogens is 1. The molecule has 0 aliphatic rings. The van der Waals surface area contributed by atoms with E-state index in [0.29, 0.717) is 0 Å². The lowest BCUT2D eigenvalue weighted by atomic mass is 10.2. The van der Waals surface area contributed by atoms with E-state index in [4.69, 9.17) is 16.7 Å². The van der Waals surface area contributed by atoms with Crippen LogP contribution in [0.3, 0.4) is 0 Å². The Balaban J connectivity index is 3.30. The minimum atomic E-state index is -3.04. The quantitative estimate of drug-likeness (QED) is 0.762. The van der Waals surface area contributed by atoms with Gasteiger partial charge in [0.15, 0.2) is 0 Å². The molecule has 6 heteroatoms. The molecule has 1 heterocycles. The molecule has 2 nitrogen and oxygen atoms in total. The second-order valence-electron chi connectivity index (χ2n) is 2.26. The highest BCUT2D eigenvalue weighted by Gasteiger charge is 2.20. The first-order valence-electron chi connectivity index (χ1n) is 3.29. The Morgan fingerprint density at radius 3 is 2.62 bits per heavy atom. The zero-order valence-electron chi connectivity index (χ0n) is 6.27. The van der Waals surface area contributed by atoms with E-state index in [2.05, 4.69) is 4.98 Å². The molecule has 0 atom stereocenters. The van der Waals surface area contributed by atoms with Crippen molar-refractivity contribution >= 4 is 11.6 Å². The lowest BCUT2D eigenvalue weighted by Crippen LogP contribution is -2.00. The van der Waals surface area contributed by atoms with Crippen molar-refractivity contribution in [2.45, 2.75) is 13.0 Å². The van der Waals surface area contributed by atoms with Crippen LogP contribution in [0.1, 0.15) is 17.6 Å². The average molecular weight is 212 g/mol. The molecule has 0 amide bonds. The van der Waals surface area contributed by atoms with Crippen LogP contribution in [0, 0.1) is 5.95 Å². The van der Waals surface area contributed by atoms with Gasteiger partial charge >= 0.3 is 0 Å². The van der Waals surface area contributed by atoms with Gasteiger partial charge in [-0.15, -0.1) is 0 Å². The fraction of sp³-hybridized carbons (Fsp3) is 0.286. The highest BCUT2D eigenvalue weighted by Crippen LogP contribution is 2.30. The van der Waals surface area contributed by atoms with Crippen LogP contribution in [-0.4, -0.2) is 10.1 Å². The number of nitrogens with zero attached hydrogens (tertiary/aromatic N) is 1. The van der Waals surface area contributed by atoms with E-state index in [9.17, 15) is 13.2 Å². The van der Waals surface area contributed by atoms with E-state index in [1.807, 2.05) is 0 Å². The van der Waals surface area contributed by atoms with Gasteiger partial charge in [-0.05, 0) is 0 Å². The Bertz CT molecular complexity index is 319. The normalized spacial score (nSPS) is 10.9. The smallest absolute Gasteiger partial charge is 0.269 e. The summed E-state index contributed by atoms with van der Waals surface area (Å²) in [6, 6.07) is 0. The molecular formula is C7H5ClF3NO. The van der Waals surface area contributed by atoms with Crippen LogP contribution in [0.5, 0.6) is 0 Å². The number of halogens is 4. The van der Waals surface area contributed by atoms with Crippen molar-refractivity contribution in [1.29, 1.82) is 0 Å². The van der Waals surface area contributed by atoms with E-state index < -0.39 is 29.6 Å². The summed E-state index contributed by atoms with van der Waals surface area (Å²) in [7, 11) is 0. The summed E-state index contributed by atoms with van der Waals surface area (Å²) in [6.07, 6.45) is -2.12. The first kappa shape index (κ1) is 10.3. The number of aliphatic hydroxyl groups is 1. The van der Waals surface area contributed by atoms with Crippen molar-refractivity contribution in [3.63, 3.8) is 0 Å². The SMILES string of the molecule is OCc1cnc(F)c(C(F)F)c1Cl. The molecule has 0 unspecified atom stereocenters. The van der Waals surface area contributed by atoms with Crippen LogP contribution in [0.4, 0.5) is 13.2 Å². The lowest BCUT2D eigenvalue weighted by molar-refractivity contribution is 0.145. The summed E-state index contributed by atoms with van der Waals surface area (Å²) >= 11 is 5.39. The van der Waals surface area contributed by atoms with Gasteiger partial charge in [-0.2, -0.15) is 4.39 Å². The number of hydrogen-bond donors (Lipinski definition) is 1. The number of hydrogen-bond acceptors (Lipinski definition) is 2. The third-order valence-electron chi connectivity index (χ3n) is 1.46. The summed E-state index contributed by atoms with van der Waals surface area (Å²) < 4.78 is 37.0. The first-order chi connectivity index (χ1) is 6.07. The summed E-state index contributed by atoms with van der Waals surface area (Å²) in [6.45, 7) is -0.550. The van der Waals surface area contributed by atoms with Gasteiger partial charge in [0, 0.05) is 11.8 Å². The molecule has 1 rings (SSSR count). The highest BCUT2D eigenvalue weighted by molar-refractivity contribution is 6.32. The number of rotatable bonds is 2. The second-order valence-corrected chi connectivity index (χ2v) is 2.64. The Kier molecular flexibility index (Phi) is 3.11. The molecule has 0 saturated heterocycles. The summed E-state index contributed by atoms with van der Waals surface area (Å²) in [5.74, 6) is -1.31. The number of alkyl halides is 2. The molecule has 0 spiro atoms. The van der Waals surface area contributed by atoms with Crippen molar-refractivity contribution in [3.8, 4) is 0 Å². The molecule has 13 heavy (non-hydrogen) atoms. The largest absolute Gasteiger partial charge is 0.392 e. The van der Waals surface area contributed by atoms with Crippen LogP contribution in [0.2, 0.25) is 5.02 Å². The lowest BCUT2D eigenvalue weighted by Gasteiger charge is -2.06. The van der Waals surface area contributed by atoms with Crippen molar-refractivity contribution < 1.29 is 18.3 Å². The van der Waals surface area contributed by atoms with Crippen molar-refractivity contribution in [3.05, 3.63) is 28.3 Å². The molecule has 0 saturated carbocycles. The van der Waals surface area contributed by atoms with Gasteiger partial charge < -0.3 is 5.11 Å². The fourth-order valence-corrected chi connectivity index (χ4v) is 1.09. The fourth-order valence-electron chi connectivity index (χ4n) is 0.820. The molecule has 0 bridgehead atoms. The van der Waals surface area contributed by atoms with E-state index >= 15 is 0 Å². The third kappa shape index (κ3) is 1.92. The zero-order valence-corrected chi connectivity index (χ0v) is 7.02. The maximum absolute atomic E-state index is 12.7. The first-order valence-corrected chi connectivity index (χ1v) is 3.67. The molecule has 1 aromatic rings. The van der Waals surface area contributed by atoms with E-state index in [1.54, 1.807) is 0 Å². The monoisotopic (exact) mass is 211 g/mol. The van der Waals surface area contributed by atoms with Gasteiger partial charge in [0.1, 0.15) is 0 Å². The molecule has 0 aliphatic carbocycles. The summed E-state index contributed by atoms with van der Waals surface area (Å²) in [4.78, 5) is 3.04. The Hall–Kier alpha value is -0.810. The molecule has 0 aromatic carbocycles. The number of pyridine rings is 1. The predicted octanol–water partition coefficient (Wildman–Crippen LogP) is 2.30. The van der Waals surface area contributed by atoms with Crippen LogP contribution >= 0.6 is 11.6 Å². The van der Waals surface area contributed by atoms with Gasteiger partial charge in [0.05, 0.1) is 17.2 Å². The van der Waals surface area contributed by atoms with Crippen molar-refractivity contribution in [2.24, 2.45) is 0 Å². The zero-order chi connectivity index (χ0) is 10.0. The molecule has 1 aromatic heterocycles. The maximum Gasteiger partial charge on any atom is 0.269 e. The summed E-state index contributed by atoms with van der Waals surface area (Å²) in [5, 5.41) is 8.16. The van der Waals surface area contributed by atoms with Gasteiger partial charge in [0.25, 0.3) is 6.43 Å². The van der Waals surface area contributed by atoms with Crippen molar-refractivity contribution in [1.82, 2.24) is 4.98 Å². The van der Waals surface area contributed by atoms with Gasteiger partial charge in [0.2, 0.25) is 5.95 Å². The standard InChI is InChI=1S/C7H5ClF3NO/c8-5-3(2-13)1-12-7(11)4(5)6(9)10/h1,6,13H,2H2. The Labute approximate surface area is 77.0 Å². The average Bonchev–Trinajstić information content (AvgIpc) is 2.04. The highest BCUT2D eigenvalue weighted by atomic mass is 35.5. The molecular weight excluding hydrogens is 207 g/mol. The van der Waals surface area contributed by atoms with Gasteiger partial charge in [-0.3, -0.25) is 0 Å². The minimum Gasteiger partial charge on any atom is -0.392 e. The van der Waals surface area contributed by atoms with E-state index in [1.165, 1.54) is 0 Å². The predicted molar refractivity (Wildman–Crippen MR) is 40.1 cm³/mol. The topological polar surface area (TPSA) is 33.1 Å². The third-order valence-corrected chi connectivity index (χ3v) is 1.91. The summed E-state index contributed by atoms with van der Waals surface area (Å²) in [5.41, 5.74) is -0.980. The van der Waals surface area contributed by atoms with E-state index in [-0.39, 0.29) is 5.56 Å². The van der Waals surface area contributed by atoms with E-state index in [0.717, 1.165) is 6.20 Å². The van der Waals surface area contributed by atoms with Crippen LogP contribution < -0.4 is 0 Å². The van der Waals surface area contributed by atoms with Crippen LogP contribution in [0.15, 0.2) is 6.20 Å². The van der Waals surface area contributed by atoms with Gasteiger partial charge in [-0.25, -0.2) is 13.8 Å². The Morgan fingerprint density at radius 1 is 1.54 bits per heavy atom. The van der Waals surface area contributed by atoms with Crippen LogP contribution in [-0.2, 0) is 6.61 Å². The Morgan fingerprint density at radius 2 is 2.15 bits per heavy atom.